The zero-order valence-corrected chi connectivity index (χ0v) is 25.4. The molecule has 11 nitrogen and oxygen atoms in total. The van der Waals surface area contributed by atoms with Crippen LogP contribution < -0.4 is 21.0 Å². The van der Waals surface area contributed by atoms with E-state index in [-0.39, 0.29) is 29.9 Å². The molecule has 2 atom stereocenters. The maximum Gasteiger partial charge on any atom is 0.252 e. The number of hydrogen-bond acceptors (Lipinski definition) is 8. The van der Waals surface area contributed by atoms with Gasteiger partial charge in [0.2, 0.25) is 5.91 Å². The number of nitrogens with two attached hydrogens (primary N) is 1. The summed E-state index contributed by atoms with van der Waals surface area (Å²) in [7, 11) is 1.73. The van der Waals surface area contributed by atoms with E-state index in [2.05, 4.69) is 26.6 Å². The lowest BCUT2D eigenvalue weighted by atomic mass is 9.89. The van der Waals surface area contributed by atoms with Crippen molar-refractivity contribution in [1.29, 1.82) is 0 Å². The van der Waals surface area contributed by atoms with Crippen molar-refractivity contribution < 1.29 is 23.5 Å². The van der Waals surface area contributed by atoms with Crippen LogP contribution in [-0.2, 0) is 20.7 Å². The quantitative estimate of drug-likeness (QED) is 0.393. The molecule has 0 radical (unpaired) electrons. The van der Waals surface area contributed by atoms with Gasteiger partial charge in [0.05, 0.1) is 23.4 Å². The van der Waals surface area contributed by atoms with Crippen LogP contribution in [0.3, 0.4) is 0 Å². The molecule has 3 aromatic carbocycles. The van der Waals surface area contributed by atoms with Gasteiger partial charge in [0.1, 0.15) is 6.04 Å². The second kappa shape index (κ2) is 12.8. The van der Waals surface area contributed by atoms with Gasteiger partial charge in [0.25, 0.3) is 11.8 Å². The summed E-state index contributed by atoms with van der Waals surface area (Å²) in [6.07, 6.45) is 2.54. The standard InChI is InChI=1S/C32H33ClFN7O4/c1-45-21-12-15-39(16-13-21)26-6-2-4-23-22(26)14-17-40(29(23)31(43)36-20-10-8-19(9-11-20)30(35)42)32(44)25-18-41(38-37-25)27-7-3-5-24(33)28(27)34/h2-11,21,25,29H,12-18H2,1H3,(H2,35,42)(H,36,43). The van der Waals surface area contributed by atoms with Crippen LogP contribution in [-0.4, -0.2) is 68.1 Å². The number of halogens is 2. The summed E-state index contributed by atoms with van der Waals surface area (Å²) < 4.78 is 20.3. The molecule has 3 heterocycles. The highest BCUT2D eigenvalue weighted by Crippen LogP contribution is 2.38. The maximum atomic E-state index is 14.7. The zero-order chi connectivity index (χ0) is 31.7. The smallest absolute Gasteiger partial charge is 0.252 e. The number of methoxy groups -OCH3 is 1. The minimum atomic E-state index is -0.972. The molecule has 3 aromatic rings. The van der Waals surface area contributed by atoms with Gasteiger partial charge in [-0.1, -0.05) is 35.0 Å². The molecular weight excluding hydrogens is 601 g/mol. The Morgan fingerprint density at radius 1 is 1.00 bits per heavy atom. The monoisotopic (exact) mass is 633 g/mol. The molecule has 0 bridgehead atoms. The first-order valence-corrected chi connectivity index (χ1v) is 15.2. The summed E-state index contributed by atoms with van der Waals surface area (Å²) in [6.45, 7) is 1.91. The van der Waals surface area contributed by atoms with Crippen LogP contribution in [0.25, 0.3) is 0 Å². The van der Waals surface area contributed by atoms with Gasteiger partial charge in [-0.2, -0.15) is 5.11 Å². The van der Waals surface area contributed by atoms with Crippen LogP contribution in [0, 0.1) is 5.82 Å². The Labute approximate surface area is 264 Å². The minimum Gasteiger partial charge on any atom is -0.381 e. The van der Waals surface area contributed by atoms with Crippen molar-refractivity contribution in [2.75, 3.05) is 48.5 Å². The van der Waals surface area contributed by atoms with Gasteiger partial charge in [0, 0.05) is 43.7 Å². The fraction of sp³-hybridized carbons (Fsp3) is 0.344. The summed E-state index contributed by atoms with van der Waals surface area (Å²) in [5.41, 5.74) is 9.02. The second-order valence-electron chi connectivity index (χ2n) is 11.3. The summed E-state index contributed by atoms with van der Waals surface area (Å²) in [5.74, 6) is -2.05. The molecule has 1 saturated heterocycles. The van der Waals surface area contributed by atoms with E-state index >= 15 is 0 Å². The van der Waals surface area contributed by atoms with E-state index in [1.54, 1.807) is 25.3 Å². The topological polar surface area (TPSA) is 133 Å². The van der Waals surface area contributed by atoms with Gasteiger partial charge in [0.15, 0.2) is 11.9 Å². The maximum absolute atomic E-state index is 14.7. The number of rotatable bonds is 7. The molecule has 0 saturated carbocycles. The number of nitrogens with zero attached hydrogens (tertiary/aromatic N) is 5. The highest BCUT2D eigenvalue weighted by atomic mass is 35.5. The van der Waals surface area contributed by atoms with Crippen molar-refractivity contribution in [3.63, 3.8) is 0 Å². The van der Waals surface area contributed by atoms with Gasteiger partial charge in [-0.3, -0.25) is 14.4 Å². The van der Waals surface area contributed by atoms with Crippen molar-refractivity contribution in [2.24, 2.45) is 16.1 Å². The van der Waals surface area contributed by atoms with Crippen LogP contribution in [0.4, 0.5) is 21.5 Å². The van der Waals surface area contributed by atoms with Crippen LogP contribution in [0.5, 0.6) is 0 Å². The molecule has 3 N–H and O–H groups in total. The van der Waals surface area contributed by atoms with Crippen molar-refractivity contribution in [1.82, 2.24) is 4.90 Å². The minimum absolute atomic E-state index is 0.00312. The van der Waals surface area contributed by atoms with Crippen molar-refractivity contribution >= 4 is 46.4 Å². The van der Waals surface area contributed by atoms with Crippen LogP contribution >= 0.6 is 11.6 Å². The number of fused-ring (bicyclic) bond motifs is 1. The lowest BCUT2D eigenvalue weighted by molar-refractivity contribution is -0.140. The fourth-order valence-electron chi connectivity index (χ4n) is 6.25. The van der Waals surface area contributed by atoms with Crippen LogP contribution in [0.15, 0.2) is 71.0 Å². The molecule has 0 aromatic heterocycles. The Hall–Kier alpha value is -4.55. The van der Waals surface area contributed by atoms with Gasteiger partial charge < -0.3 is 25.6 Å². The average Bonchev–Trinajstić information content (AvgIpc) is 3.55. The molecule has 1 fully saturated rings. The lowest BCUT2D eigenvalue weighted by Crippen LogP contribution is -2.50. The number of nitrogens with one attached hydrogen (secondary N) is 1. The summed E-state index contributed by atoms with van der Waals surface area (Å²) in [5, 5.41) is 12.4. The van der Waals surface area contributed by atoms with Gasteiger partial charge in [-0.05, 0) is 72.9 Å². The summed E-state index contributed by atoms with van der Waals surface area (Å²) in [6, 6.07) is 14.7. The molecule has 0 aliphatic carbocycles. The Kier molecular flexibility index (Phi) is 8.68. The third kappa shape index (κ3) is 6.07. The number of piperidine rings is 1. The van der Waals surface area contributed by atoms with E-state index in [1.807, 2.05) is 12.1 Å². The number of ether oxygens (including phenoxy) is 1. The second-order valence-corrected chi connectivity index (χ2v) is 11.7. The van der Waals surface area contributed by atoms with Crippen molar-refractivity contribution in [2.45, 2.75) is 37.5 Å². The molecule has 6 rings (SSSR count). The number of amides is 3. The molecule has 3 aliphatic heterocycles. The molecule has 45 heavy (non-hydrogen) atoms. The van der Waals surface area contributed by atoms with Crippen LogP contribution in [0.2, 0.25) is 5.02 Å². The molecule has 13 heteroatoms. The zero-order valence-electron chi connectivity index (χ0n) is 24.7. The number of carbonyl (C=O) groups is 3. The van der Waals surface area contributed by atoms with E-state index in [0.717, 1.165) is 42.7 Å². The van der Waals surface area contributed by atoms with E-state index in [1.165, 1.54) is 34.2 Å². The third-order valence-corrected chi connectivity index (χ3v) is 8.91. The third-order valence-electron chi connectivity index (χ3n) is 8.62. The lowest BCUT2D eigenvalue weighted by Gasteiger charge is -2.40. The Morgan fingerprint density at radius 2 is 1.71 bits per heavy atom. The summed E-state index contributed by atoms with van der Waals surface area (Å²) >= 11 is 5.96. The van der Waals surface area contributed by atoms with Gasteiger partial charge in [-0.25, -0.2) is 9.40 Å². The highest BCUT2D eigenvalue weighted by molar-refractivity contribution is 6.31. The normalized spacial score (nSPS) is 19.8. The number of hydrogen-bond donors (Lipinski definition) is 2. The highest BCUT2D eigenvalue weighted by Gasteiger charge is 2.42. The SMILES string of the molecule is COC1CCN(c2cccc3c2CCN(C(=O)C2CN(c4cccc(Cl)c4F)N=N2)C3C(=O)Nc2ccc(C(N)=O)cc2)CC1. The van der Waals surface area contributed by atoms with E-state index in [4.69, 9.17) is 22.1 Å². The Balaban J connectivity index is 1.30. The van der Waals surface area contributed by atoms with Gasteiger partial charge >= 0.3 is 0 Å². The first-order valence-electron chi connectivity index (χ1n) is 14.8. The first-order chi connectivity index (χ1) is 21.7. The van der Waals surface area contributed by atoms with Crippen molar-refractivity contribution in [3.8, 4) is 0 Å². The fourth-order valence-corrected chi connectivity index (χ4v) is 6.42. The van der Waals surface area contributed by atoms with E-state index in [9.17, 15) is 18.8 Å². The number of primary amides is 1. The number of benzene rings is 3. The van der Waals surface area contributed by atoms with Crippen LogP contribution in [0.1, 0.15) is 40.4 Å². The van der Waals surface area contributed by atoms with Gasteiger partial charge in [-0.15, -0.1) is 0 Å². The molecule has 0 spiro atoms. The molecular formula is C32H33ClFN7O4. The first kappa shape index (κ1) is 30.5. The van der Waals surface area contributed by atoms with Crippen molar-refractivity contribution in [3.05, 3.63) is 88.2 Å². The molecule has 2 unspecified atom stereocenters. The summed E-state index contributed by atoms with van der Waals surface area (Å²) in [4.78, 5) is 43.5. The largest absolute Gasteiger partial charge is 0.381 e. The Bertz CT molecular complexity index is 1640. The average molecular weight is 634 g/mol. The molecule has 234 valence electrons. The number of anilines is 3. The van der Waals surface area contributed by atoms with E-state index < -0.39 is 35.6 Å². The van der Waals surface area contributed by atoms with E-state index in [0.29, 0.717) is 17.7 Å². The Morgan fingerprint density at radius 3 is 2.42 bits per heavy atom. The molecule has 3 amide bonds. The number of carbonyl (C=O) groups excluding carboxylic acids is 3. The molecule has 3 aliphatic rings. The predicted molar refractivity (Wildman–Crippen MR) is 168 cm³/mol. The predicted octanol–water partition coefficient (Wildman–Crippen LogP) is 4.51.